The molecule has 3 rings (SSSR count). The number of carbonyl (C=O) groups excluding carboxylic acids is 1. The first-order valence-electron chi connectivity index (χ1n) is 7.80. The van der Waals surface area contributed by atoms with E-state index in [1.165, 1.54) is 6.20 Å². The highest BCUT2D eigenvalue weighted by Gasteiger charge is 2.24. The van der Waals surface area contributed by atoms with Crippen LogP contribution in [-0.2, 0) is 17.8 Å². The van der Waals surface area contributed by atoms with E-state index in [-0.39, 0.29) is 17.9 Å². The van der Waals surface area contributed by atoms with Crippen molar-refractivity contribution in [1.29, 1.82) is 0 Å². The van der Waals surface area contributed by atoms with Crippen molar-refractivity contribution in [3.63, 3.8) is 0 Å². The van der Waals surface area contributed by atoms with Crippen LogP contribution in [0.3, 0.4) is 0 Å². The largest absolute Gasteiger partial charge is 0.493 e. The molecule has 0 aliphatic carbocycles. The van der Waals surface area contributed by atoms with Gasteiger partial charge in [-0.15, -0.1) is 0 Å². The number of pyridine rings is 1. The van der Waals surface area contributed by atoms with Gasteiger partial charge in [0.2, 0.25) is 5.91 Å². The van der Waals surface area contributed by atoms with Gasteiger partial charge in [0, 0.05) is 25.5 Å². The number of nitrogens with zero attached hydrogens (tertiary/aromatic N) is 2. The number of carbonyl (C=O) groups is 2. The average molecular weight is 326 g/mol. The molecule has 0 atom stereocenters. The Morgan fingerprint density at radius 2 is 2.00 bits per heavy atom. The monoisotopic (exact) mass is 326 g/mol. The number of ether oxygens (including phenoxy) is 1. The molecule has 0 spiro atoms. The predicted molar refractivity (Wildman–Crippen MR) is 86.9 cm³/mol. The van der Waals surface area contributed by atoms with Crippen LogP contribution in [0.15, 0.2) is 42.7 Å². The normalized spacial score (nSPS) is 13.2. The molecule has 1 aliphatic rings. The Bertz CT molecular complexity index is 746. The molecule has 0 radical (unpaired) electrons. The van der Waals surface area contributed by atoms with Crippen molar-refractivity contribution in [2.45, 2.75) is 19.4 Å². The third-order valence-corrected chi connectivity index (χ3v) is 4.05. The summed E-state index contributed by atoms with van der Waals surface area (Å²) in [6.07, 6.45) is 3.83. The van der Waals surface area contributed by atoms with Crippen LogP contribution in [0.2, 0.25) is 0 Å². The molecule has 0 bridgehead atoms. The molecule has 0 unspecified atom stereocenters. The molecule has 2 aromatic rings. The number of hydrogen-bond donors (Lipinski definition) is 1. The molecule has 0 saturated carbocycles. The second-order valence-corrected chi connectivity index (χ2v) is 5.61. The fourth-order valence-corrected chi connectivity index (χ4v) is 2.82. The van der Waals surface area contributed by atoms with E-state index < -0.39 is 5.97 Å². The van der Waals surface area contributed by atoms with Gasteiger partial charge in [0.25, 0.3) is 0 Å². The molecule has 1 N–H and O–H groups in total. The van der Waals surface area contributed by atoms with Gasteiger partial charge in [-0.2, -0.15) is 0 Å². The van der Waals surface area contributed by atoms with Gasteiger partial charge in [0.1, 0.15) is 5.75 Å². The first-order valence-corrected chi connectivity index (χ1v) is 7.80. The number of fused-ring (bicyclic) bond motifs is 1. The SMILES string of the molecule is O=C(O)c1cncc2c1CCN(C(=O)CCOc1ccccc1)C2. The molecule has 1 amide bonds. The van der Waals surface area contributed by atoms with Gasteiger partial charge < -0.3 is 14.7 Å². The molecule has 6 heteroatoms. The van der Waals surface area contributed by atoms with Crippen LogP contribution >= 0.6 is 0 Å². The van der Waals surface area contributed by atoms with E-state index in [4.69, 9.17) is 4.74 Å². The number of hydrogen-bond acceptors (Lipinski definition) is 4. The van der Waals surface area contributed by atoms with Gasteiger partial charge in [0.15, 0.2) is 0 Å². The number of aromatic nitrogens is 1. The molecule has 124 valence electrons. The summed E-state index contributed by atoms with van der Waals surface area (Å²) in [7, 11) is 0. The Labute approximate surface area is 139 Å². The molecule has 0 saturated heterocycles. The number of carboxylic acids is 1. The Hall–Kier alpha value is -2.89. The van der Waals surface area contributed by atoms with Crippen molar-refractivity contribution in [2.75, 3.05) is 13.2 Å². The maximum atomic E-state index is 12.3. The summed E-state index contributed by atoms with van der Waals surface area (Å²) in [5, 5.41) is 9.20. The van der Waals surface area contributed by atoms with E-state index >= 15 is 0 Å². The van der Waals surface area contributed by atoms with Crippen LogP contribution in [0, 0.1) is 0 Å². The van der Waals surface area contributed by atoms with Crippen molar-refractivity contribution < 1.29 is 19.4 Å². The minimum Gasteiger partial charge on any atom is -0.493 e. The molecule has 2 heterocycles. The molecule has 24 heavy (non-hydrogen) atoms. The zero-order valence-corrected chi connectivity index (χ0v) is 13.1. The van der Waals surface area contributed by atoms with E-state index in [0.29, 0.717) is 26.1 Å². The summed E-state index contributed by atoms with van der Waals surface area (Å²) in [4.78, 5) is 29.3. The standard InChI is InChI=1S/C18H18N2O4/c21-17(7-9-24-14-4-2-1-3-5-14)20-8-6-15-13(12-20)10-19-11-16(15)18(22)23/h1-5,10-11H,6-9,12H2,(H,22,23). The lowest BCUT2D eigenvalue weighted by molar-refractivity contribution is -0.132. The van der Waals surface area contributed by atoms with Gasteiger partial charge in [-0.3, -0.25) is 9.78 Å². The zero-order chi connectivity index (χ0) is 16.9. The minimum atomic E-state index is -0.976. The highest BCUT2D eigenvalue weighted by atomic mass is 16.5. The summed E-state index contributed by atoms with van der Waals surface area (Å²) >= 11 is 0. The number of para-hydroxylation sites is 1. The number of rotatable bonds is 5. The lowest BCUT2D eigenvalue weighted by Crippen LogP contribution is -2.37. The smallest absolute Gasteiger partial charge is 0.337 e. The zero-order valence-electron chi connectivity index (χ0n) is 13.1. The Morgan fingerprint density at radius 1 is 1.21 bits per heavy atom. The van der Waals surface area contributed by atoms with E-state index in [1.54, 1.807) is 11.1 Å². The first kappa shape index (κ1) is 16.0. The molecule has 1 aliphatic heterocycles. The lowest BCUT2D eigenvalue weighted by Gasteiger charge is -2.29. The quantitative estimate of drug-likeness (QED) is 0.910. The minimum absolute atomic E-state index is 0.00249. The highest BCUT2D eigenvalue weighted by Crippen LogP contribution is 2.22. The summed E-state index contributed by atoms with van der Waals surface area (Å²) in [5.74, 6) is -0.239. The van der Waals surface area contributed by atoms with E-state index in [0.717, 1.165) is 16.9 Å². The van der Waals surface area contributed by atoms with E-state index in [2.05, 4.69) is 4.98 Å². The summed E-state index contributed by atoms with van der Waals surface area (Å²) in [6.45, 7) is 1.23. The van der Waals surface area contributed by atoms with Crippen LogP contribution in [0.5, 0.6) is 5.75 Å². The van der Waals surface area contributed by atoms with Gasteiger partial charge in [-0.1, -0.05) is 18.2 Å². The number of benzene rings is 1. The van der Waals surface area contributed by atoms with Crippen molar-refractivity contribution in [1.82, 2.24) is 9.88 Å². The highest BCUT2D eigenvalue weighted by molar-refractivity contribution is 5.89. The summed E-state index contributed by atoms with van der Waals surface area (Å²) in [6, 6.07) is 9.36. The fourth-order valence-electron chi connectivity index (χ4n) is 2.82. The maximum Gasteiger partial charge on any atom is 0.337 e. The van der Waals surface area contributed by atoms with E-state index in [1.807, 2.05) is 30.3 Å². The second-order valence-electron chi connectivity index (χ2n) is 5.61. The maximum absolute atomic E-state index is 12.3. The molecule has 1 aromatic carbocycles. The topological polar surface area (TPSA) is 79.7 Å². The van der Waals surface area contributed by atoms with Crippen LogP contribution in [-0.4, -0.2) is 40.0 Å². The third-order valence-electron chi connectivity index (χ3n) is 4.05. The summed E-state index contributed by atoms with van der Waals surface area (Å²) < 4.78 is 5.55. The fraction of sp³-hybridized carbons (Fsp3) is 0.278. The summed E-state index contributed by atoms with van der Waals surface area (Å²) in [5.41, 5.74) is 1.81. The molecule has 1 aromatic heterocycles. The first-order chi connectivity index (χ1) is 11.6. The Balaban J connectivity index is 1.58. The van der Waals surface area contributed by atoms with Crippen molar-refractivity contribution in [3.05, 3.63) is 59.4 Å². The van der Waals surface area contributed by atoms with Gasteiger partial charge in [-0.25, -0.2) is 4.79 Å². The molecule has 0 fully saturated rings. The molecular formula is C18H18N2O4. The van der Waals surface area contributed by atoms with Crippen LogP contribution in [0.4, 0.5) is 0 Å². The van der Waals surface area contributed by atoms with Gasteiger partial charge in [0.05, 0.1) is 18.6 Å². The molecular weight excluding hydrogens is 308 g/mol. The average Bonchev–Trinajstić information content (AvgIpc) is 2.61. The lowest BCUT2D eigenvalue weighted by atomic mass is 9.97. The predicted octanol–water partition coefficient (Wildman–Crippen LogP) is 2.13. The van der Waals surface area contributed by atoms with Crippen LogP contribution in [0.1, 0.15) is 27.9 Å². The van der Waals surface area contributed by atoms with Crippen molar-refractivity contribution in [3.8, 4) is 5.75 Å². The molecule has 6 nitrogen and oxygen atoms in total. The Morgan fingerprint density at radius 3 is 2.75 bits per heavy atom. The van der Waals surface area contributed by atoms with Crippen molar-refractivity contribution in [2.24, 2.45) is 0 Å². The Kier molecular flexibility index (Phi) is 4.74. The number of carboxylic acid groups (broad SMARTS) is 1. The van der Waals surface area contributed by atoms with Crippen LogP contribution in [0.25, 0.3) is 0 Å². The second kappa shape index (κ2) is 7.12. The van der Waals surface area contributed by atoms with E-state index in [9.17, 15) is 14.7 Å². The third kappa shape index (κ3) is 3.53. The van der Waals surface area contributed by atoms with Crippen molar-refractivity contribution >= 4 is 11.9 Å². The van der Waals surface area contributed by atoms with Gasteiger partial charge >= 0.3 is 5.97 Å². The van der Waals surface area contributed by atoms with Gasteiger partial charge in [-0.05, 0) is 29.7 Å². The number of aromatic carboxylic acids is 1. The number of amides is 1. The van der Waals surface area contributed by atoms with Crippen LogP contribution < -0.4 is 4.74 Å².